The zero-order valence-electron chi connectivity index (χ0n) is 19.4. The third kappa shape index (κ3) is 5.92. The largest absolute Gasteiger partial charge is 0.497 e. The summed E-state index contributed by atoms with van der Waals surface area (Å²) < 4.78 is 11.5. The normalized spacial score (nSPS) is 20.4. The van der Waals surface area contributed by atoms with E-state index >= 15 is 0 Å². The molecule has 2 amide bonds. The lowest BCUT2D eigenvalue weighted by atomic mass is 10.0. The molecule has 0 aliphatic carbocycles. The molecule has 33 heavy (non-hydrogen) atoms. The van der Waals surface area contributed by atoms with Crippen LogP contribution < -0.4 is 10.1 Å². The first kappa shape index (κ1) is 23.3. The van der Waals surface area contributed by atoms with Crippen molar-refractivity contribution in [1.29, 1.82) is 0 Å². The second-order valence-corrected chi connectivity index (χ2v) is 8.88. The van der Waals surface area contributed by atoms with Gasteiger partial charge >= 0.3 is 0 Å². The van der Waals surface area contributed by atoms with E-state index in [0.29, 0.717) is 24.4 Å². The van der Waals surface area contributed by atoms with Crippen molar-refractivity contribution in [2.45, 2.75) is 37.5 Å². The van der Waals surface area contributed by atoms with Crippen molar-refractivity contribution in [2.24, 2.45) is 0 Å². The Morgan fingerprint density at radius 2 is 1.61 bits per heavy atom. The molecule has 1 N–H and O–H groups in total. The minimum absolute atomic E-state index is 0.0519. The molecule has 2 aromatic carbocycles. The lowest BCUT2D eigenvalue weighted by Crippen LogP contribution is -2.43. The molecule has 0 radical (unpaired) electrons. The number of carbonyl (C=O) groups is 2. The first-order valence-electron chi connectivity index (χ1n) is 11.7. The summed E-state index contributed by atoms with van der Waals surface area (Å²) in [4.78, 5) is 30.6. The van der Waals surface area contributed by atoms with Crippen LogP contribution in [0.1, 0.15) is 41.2 Å². The zero-order valence-corrected chi connectivity index (χ0v) is 19.4. The van der Waals surface area contributed by atoms with Crippen LogP contribution in [0.25, 0.3) is 0 Å². The van der Waals surface area contributed by atoms with Gasteiger partial charge in [0, 0.05) is 31.7 Å². The lowest BCUT2D eigenvalue weighted by Gasteiger charge is -2.31. The van der Waals surface area contributed by atoms with Crippen molar-refractivity contribution < 1.29 is 19.1 Å². The fraction of sp³-hybridized carbons (Fsp3) is 0.462. The number of hydrogen-bond acceptors (Lipinski definition) is 5. The van der Waals surface area contributed by atoms with Crippen molar-refractivity contribution >= 4 is 11.8 Å². The number of rotatable bonds is 7. The van der Waals surface area contributed by atoms with Gasteiger partial charge in [-0.05, 0) is 56.1 Å². The van der Waals surface area contributed by atoms with E-state index in [1.807, 2.05) is 35.2 Å². The highest BCUT2D eigenvalue weighted by molar-refractivity contribution is 5.98. The summed E-state index contributed by atoms with van der Waals surface area (Å²) in [6, 6.07) is 15.5. The van der Waals surface area contributed by atoms with E-state index in [0.717, 1.165) is 37.9 Å². The van der Waals surface area contributed by atoms with Crippen LogP contribution in [0.5, 0.6) is 5.75 Å². The van der Waals surface area contributed by atoms with Crippen molar-refractivity contribution in [1.82, 2.24) is 15.1 Å². The topological polar surface area (TPSA) is 71.1 Å². The number of methoxy groups -OCH3 is 1. The SMILES string of the molecule is COc1ccc(C(=O)NC(C(=O)N2CCC(OC3CCN(C)CC3)C2)c2ccccc2)cc1. The highest BCUT2D eigenvalue weighted by Gasteiger charge is 2.34. The van der Waals surface area contributed by atoms with Gasteiger partial charge in [0.25, 0.3) is 5.91 Å². The Morgan fingerprint density at radius 1 is 0.939 bits per heavy atom. The Labute approximate surface area is 195 Å². The average molecular weight is 452 g/mol. The number of ether oxygens (including phenoxy) is 2. The lowest BCUT2D eigenvalue weighted by molar-refractivity contribution is -0.133. The van der Waals surface area contributed by atoms with Gasteiger partial charge in [-0.25, -0.2) is 0 Å². The summed E-state index contributed by atoms with van der Waals surface area (Å²) in [5.74, 6) is 0.283. The van der Waals surface area contributed by atoms with E-state index in [9.17, 15) is 9.59 Å². The number of amides is 2. The van der Waals surface area contributed by atoms with Gasteiger partial charge in [-0.15, -0.1) is 0 Å². The maximum absolute atomic E-state index is 13.5. The van der Waals surface area contributed by atoms with Crippen LogP contribution in [0.4, 0.5) is 0 Å². The molecule has 0 saturated carbocycles. The van der Waals surface area contributed by atoms with Crippen molar-refractivity contribution in [3.05, 3.63) is 65.7 Å². The van der Waals surface area contributed by atoms with Gasteiger partial charge in [0.05, 0.1) is 19.3 Å². The van der Waals surface area contributed by atoms with E-state index < -0.39 is 6.04 Å². The van der Waals surface area contributed by atoms with Crippen LogP contribution in [-0.2, 0) is 9.53 Å². The van der Waals surface area contributed by atoms with Gasteiger partial charge in [0.2, 0.25) is 5.91 Å². The van der Waals surface area contributed by atoms with Gasteiger partial charge in [-0.3, -0.25) is 9.59 Å². The third-order valence-corrected chi connectivity index (χ3v) is 6.51. The quantitative estimate of drug-likeness (QED) is 0.701. The maximum atomic E-state index is 13.5. The van der Waals surface area contributed by atoms with E-state index in [2.05, 4.69) is 17.3 Å². The van der Waals surface area contributed by atoms with Crippen LogP contribution in [-0.4, -0.2) is 74.2 Å². The highest BCUT2D eigenvalue weighted by Crippen LogP contribution is 2.24. The molecule has 0 aromatic heterocycles. The summed E-state index contributed by atoms with van der Waals surface area (Å²) in [7, 11) is 3.72. The fourth-order valence-corrected chi connectivity index (χ4v) is 4.51. The summed E-state index contributed by atoms with van der Waals surface area (Å²) in [5, 5.41) is 2.95. The number of nitrogens with zero attached hydrogens (tertiary/aromatic N) is 2. The molecule has 4 rings (SSSR count). The summed E-state index contributed by atoms with van der Waals surface area (Å²) in [6.07, 6.45) is 3.21. The molecular weight excluding hydrogens is 418 g/mol. The Balaban J connectivity index is 1.42. The zero-order chi connectivity index (χ0) is 23.2. The minimum atomic E-state index is -0.747. The molecule has 0 bridgehead atoms. The van der Waals surface area contributed by atoms with Crippen LogP contribution in [0.2, 0.25) is 0 Å². The van der Waals surface area contributed by atoms with Crippen LogP contribution >= 0.6 is 0 Å². The smallest absolute Gasteiger partial charge is 0.252 e. The second-order valence-electron chi connectivity index (χ2n) is 8.88. The number of carbonyl (C=O) groups excluding carboxylic acids is 2. The Morgan fingerprint density at radius 3 is 2.27 bits per heavy atom. The van der Waals surface area contributed by atoms with Crippen molar-refractivity contribution in [2.75, 3.05) is 40.3 Å². The van der Waals surface area contributed by atoms with Crippen LogP contribution in [0.3, 0.4) is 0 Å². The van der Waals surface area contributed by atoms with Gasteiger partial charge in [0.15, 0.2) is 0 Å². The Bertz CT molecular complexity index is 926. The molecule has 2 aromatic rings. The summed E-state index contributed by atoms with van der Waals surface area (Å²) >= 11 is 0. The second kappa shape index (κ2) is 10.8. The molecule has 2 atom stereocenters. The minimum Gasteiger partial charge on any atom is -0.497 e. The Kier molecular flexibility index (Phi) is 7.62. The number of benzene rings is 2. The van der Waals surface area contributed by atoms with Gasteiger partial charge < -0.3 is 24.6 Å². The van der Waals surface area contributed by atoms with E-state index in [1.54, 1.807) is 31.4 Å². The first-order valence-corrected chi connectivity index (χ1v) is 11.7. The third-order valence-electron chi connectivity index (χ3n) is 6.51. The van der Waals surface area contributed by atoms with E-state index in [-0.39, 0.29) is 24.0 Å². The molecule has 2 fully saturated rings. The number of likely N-dealkylation sites (tertiary alicyclic amines) is 2. The van der Waals surface area contributed by atoms with Crippen LogP contribution in [0.15, 0.2) is 54.6 Å². The molecule has 176 valence electrons. The van der Waals surface area contributed by atoms with Crippen molar-refractivity contribution in [3.8, 4) is 5.75 Å². The molecular formula is C26H33N3O4. The summed E-state index contributed by atoms with van der Waals surface area (Å²) in [5.41, 5.74) is 1.25. The molecule has 2 aliphatic rings. The van der Waals surface area contributed by atoms with Crippen molar-refractivity contribution in [3.63, 3.8) is 0 Å². The predicted molar refractivity (Wildman–Crippen MR) is 126 cm³/mol. The monoisotopic (exact) mass is 451 g/mol. The molecule has 2 heterocycles. The van der Waals surface area contributed by atoms with Gasteiger partial charge in [0.1, 0.15) is 11.8 Å². The average Bonchev–Trinajstić information content (AvgIpc) is 3.32. The predicted octanol–water partition coefficient (Wildman–Crippen LogP) is 2.88. The maximum Gasteiger partial charge on any atom is 0.252 e. The van der Waals surface area contributed by atoms with Gasteiger partial charge in [-0.1, -0.05) is 30.3 Å². The number of hydrogen-bond donors (Lipinski definition) is 1. The van der Waals surface area contributed by atoms with Gasteiger partial charge in [-0.2, -0.15) is 0 Å². The number of piperidine rings is 1. The highest BCUT2D eigenvalue weighted by atomic mass is 16.5. The first-order chi connectivity index (χ1) is 16.0. The number of nitrogens with one attached hydrogen (secondary N) is 1. The Hall–Kier alpha value is -2.90. The summed E-state index contributed by atoms with van der Waals surface area (Å²) in [6.45, 7) is 3.30. The molecule has 7 nitrogen and oxygen atoms in total. The van der Waals surface area contributed by atoms with E-state index in [1.165, 1.54) is 0 Å². The fourth-order valence-electron chi connectivity index (χ4n) is 4.51. The van der Waals surface area contributed by atoms with E-state index in [4.69, 9.17) is 9.47 Å². The molecule has 0 spiro atoms. The molecule has 2 saturated heterocycles. The molecule has 7 heteroatoms. The molecule has 2 aliphatic heterocycles. The van der Waals surface area contributed by atoms with Crippen LogP contribution in [0, 0.1) is 0 Å². The standard InChI is InChI=1S/C26H33N3O4/c1-28-15-12-22(13-16-28)33-23-14-17-29(18-23)26(31)24(19-6-4-3-5-7-19)27-25(30)20-8-10-21(32-2)11-9-20/h3-11,22-24H,12-18H2,1-2H3,(H,27,30). The molecule has 2 unspecified atom stereocenters.